The van der Waals surface area contributed by atoms with Crippen LogP contribution in [0.2, 0.25) is 0 Å². The second-order valence-corrected chi connectivity index (χ2v) is 5.25. The van der Waals surface area contributed by atoms with Crippen molar-refractivity contribution >= 4 is 5.91 Å². The fourth-order valence-corrected chi connectivity index (χ4v) is 1.90. The molecule has 0 saturated heterocycles. The molecule has 0 atom stereocenters. The van der Waals surface area contributed by atoms with Crippen molar-refractivity contribution in [3.63, 3.8) is 0 Å². The van der Waals surface area contributed by atoms with Gasteiger partial charge in [-0.1, -0.05) is 64.9 Å². The Balaban J connectivity index is 3.06. The third-order valence-corrected chi connectivity index (χ3v) is 2.93. The first-order valence-corrected chi connectivity index (χ1v) is 7.09. The van der Waals surface area contributed by atoms with E-state index in [1.807, 2.05) is 6.08 Å². The first kappa shape index (κ1) is 16.2. The van der Waals surface area contributed by atoms with Crippen molar-refractivity contribution in [3.05, 3.63) is 12.2 Å². The van der Waals surface area contributed by atoms with Gasteiger partial charge in [0.2, 0.25) is 5.91 Å². The van der Waals surface area contributed by atoms with Gasteiger partial charge in [0, 0.05) is 0 Å². The third kappa shape index (κ3) is 15.2. The lowest BCUT2D eigenvalue weighted by molar-refractivity contribution is -0.113. The minimum atomic E-state index is -0.338. The van der Waals surface area contributed by atoms with Crippen molar-refractivity contribution in [2.45, 2.75) is 71.6 Å². The number of unbranched alkanes of at least 4 members (excludes halogenated alkanes) is 7. The van der Waals surface area contributed by atoms with Gasteiger partial charge in [-0.15, -0.1) is 0 Å². The lowest BCUT2D eigenvalue weighted by Gasteiger charge is -2.04. The average molecular weight is 239 g/mol. The van der Waals surface area contributed by atoms with Crippen molar-refractivity contribution < 1.29 is 4.79 Å². The van der Waals surface area contributed by atoms with Gasteiger partial charge in [-0.3, -0.25) is 4.79 Å². The summed E-state index contributed by atoms with van der Waals surface area (Å²) in [6.07, 6.45) is 15.0. The molecule has 0 unspecified atom stereocenters. The molecule has 17 heavy (non-hydrogen) atoms. The van der Waals surface area contributed by atoms with E-state index in [1.54, 1.807) is 0 Å². The molecule has 2 N–H and O–H groups in total. The number of carbonyl (C=O) groups is 1. The van der Waals surface area contributed by atoms with Gasteiger partial charge in [0.25, 0.3) is 0 Å². The summed E-state index contributed by atoms with van der Waals surface area (Å²) in [6.45, 7) is 4.58. The van der Waals surface area contributed by atoms with Crippen LogP contribution in [0.15, 0.2) is 12.2 Å². The van der Waals surface area contributed by atoms with Gasteiger partial charge in [0.05, 0.1) is 0 Å². The Labute approximate surface area is 107 Å². The SMILES string of the molecule is CC(C)CCCCCCCCCC=CC(N)=O. The monoisotopic (exact) mass is 239 g/mol. The first-order chi connectivity index (χ1) is 8.13. The van der Waals surface area contributed by atoms with Gasteiger partial charge in [0.1, 0.15) is 0 Å². The van der Waals surface area contributed by atoms with E-state index in [2.05, 4.69) is 13.8 Å². The zero-order chi connectivity index (χ0) is 12.9. The smallest absolute Gasteiger partial charge is 0.241 e. The van der Waals surface area contributed by atoms with Gasteiger partial charge in [0.15, 0.2) is 0 Å². The van der Waals surface area contributed by atoms with Crippen LogP contribution in [-0.4, -0.2) is 5.91 Å². The molecule has 2 nitrogen and oxygen atoms in total. The molecule has 2 heteroatoms. The lowest BCUT2D eigenvalue weighted by Crippen LogP contribution is -2.05. The summed E-state index contributed by atoms with van der Waals surface area (Å²) < 4.78 is 0. The summed E-state index contributed by atoms with van der Waals surface area (Å²) in [5.74, 6) is 0.516. The summed E-state index contributed by atoms with van der Waals surface area (Å²) in [6, 6.07) is 0. The van der Waals surface area contributed by atoms with Gasteiger partial charge in [-0.05, 0) is 24.8 Å². The average Bonchev–Trinajstić information content (AvgIpc) is 2.25. The van der Waals surface area contributed by atoms with Gasteiger partial charge < -0.3 is 5.73 Å². The van der Waals surface area contributed by atoms with Crippen LogP contribution in [-0.2, 0) is 4.79 Å². The van der Waals surface area contributed by atoms with E-state index in [0.29, 0.717) is 0 Å². The Morgan fingerprint density at radius 1 is 1.00 bits per heavy atom. The second kappa shape index (κ2) is 11.7. The molecule has 0 bridgehead atoms. The molecule has 0 spiro atoms. The molecule has 0 aliphatic carbocycles. The van der Waals surface area contributed by atoms with E-state index in [4.69, 9.17) is 5.73 Å². The predicted octanol–water partition coefficient (Wildman–Crippen LogP) is 4.19. The Hall–Kier alpha value is -0.790. The molecule has 0 aliphatic heterocycles. The number of amides is 1. The zero-order valence-electron chi connectivity index (χ0n) is 11.6. The number of primary amides is 1. The summed E-state index contributed by atoms with van der Waals surface area (Å²) in [5, 5.41) is 0. The maximum absolute atomic E-state index is 10.4. The third-order valence-electron chi connectivity index (χ3n) is 2.93. The van der Waals surface area contributed by atoms with Crippen LogP contribution in [0.1, 0.15) is 71.6 Å². The molecule has 1 amide bonds. The minimum absolute atomic E-state index is 0.338. The highest BCUT2D eigenvalue weighted by molar-refractivity contribution is 5.85. The number of allylic oxidation sites excluding steroid dienone is 1. The molecule has 0 fully saturated rings. The quantitative estimate of drug-likeness (QED) is 0.426. The van der Waals surface area contributed by atoms with Crippen molar-refractivity contribution in [1.82, 2.24) is 0 Å². The van der Waals surface area contributed by atoms with Crippen molar-refractivity contribution in [1.29, 1.82) is 0 Å². The molecule has 0 rings (SSSR count). The van der Waals surface area contributed by atoms with E-state index in [9.17, 15) is 4.79 Å². The number of carbonyl (C=O) groups excluding carboxylic acids is 1. The van der Waals surface area contributed by atoms with Crippen molar-refractivity contribution in [2.75, 3.05) is 0 Å². The van der Waals surface area contributed by atoms with Crippen LogP contribution < -0.4 is 5.73 Å². The molecule has 100 valence electrons. The topological polar surface area (TPSA) is 43.1 Å². The molecule has 0 aromatic carbocycles. The van der Waals surface area contributed by atoms with Crippen LogP contribution in [0, 0.1) is 5.92 Å². The number of nitrogens with two attached hydrogens (primary N) is 1. The highest BCUT2D eigenvalue weighted by atomic mass is 16.1. The maximum atomic E-state index is 10.4. The van der Waals surface area contributed by atoms with E-state index < -0.39 is 0 Å². The zero-order valence-corrected chi connectivity index (χ0v) is 11.6. The van der Waals surface area contributed by atoms with E-state index in [-0.39, 0.29) is 5.91 Å². The van der Waals surface area contributed by atoms with Crippen LogP contribution in [0.25, 0.3) is 0 Å². The van der Waals surface area contributed by atoms with Crippen LogP contribution in [0.4, 0.5) is 0 Å². The highest BCUT2D eigenvalue weighted by Crippen LogP contribution is 2.12. The van der Waals surface area contributed by atoms with Crippen LogP contribution >= 0.6 is 0 Å². The van der Waals surface area contributed by atoms with Crippen molar-refractivity contribution in [3.8, 4) is 0 Å². The summed E-state index contributed by atoms with van der Waals surface area (Å²) in [7, 11) is 0. The maximum Gasteiger partial charge on any atom is 0.241 e. The van der Waals surface area contributed by atoms with E-state index >= 15 is 0 Å². The normalized spacial score (nSPS) is 11.5. The Morgan fingerprint density at radius 3 is 2.06 bits per heavy atom. The lowest BCUT2D eigenvalue weighted by atomic mass is 10.0. The molecule has 0 aromatic rings. The van der Waals surface area contributed by atoms with E-state index in [1.165, 1.54) is 57.4 Å². The molecule has 0 aromatic heterocycles. The molecule has 0 radical (unpaired) electrons. The fourth-order valence-electron chi connectivity index (χ4n) is 1.90. The Kier molecular flexibility index (Phi) is 11.1. The largest absolute Gasteiger partial charge is 0.366 e. The van der Waals surface area contributed by atoms with Gasteiger partial charge in [-0.25, -0.2) is 0 Å². The predicted molar refractivity (Wildman–Crippen MR) is 74.7 cm³/mol. The van der Waals surface area contributed by atoms with Gasteiger partial charge in [-0.2, -0.15) is 0 Å². The minimum Gasteiger partial charge on any atom is -0.366 e. The molecular weight excluding hydrogens is 210 g/mol. The Bertz CT molecular complexity index is 209. The number of rotatable bonds is 11. The highest BCUT2D eigenvalue weighted by Gasteiger charge is 1.94. The first-order valence-electron chi connectivity index (χ1n) is 7.09. The van der Waals surface area contributed by atoms with E-state index in [0.717, 1.165) is 12.3 Å². The molecular formula is C15H29NO. The standard InChI is InChI=1S/C15H29NO/c1-14(2)12-10-8-6-4-3-5-7-9-11-13-15(16)17/h11,13-14H,3-10,12H2,1-2H3,(H2,16,17). The fraction of sp³-hybridized carbons (Fsp3) is 0.800. The van der Waals surface area contributed by atoms with Crippen LogP contribution in [0.5, 0.6) is 0 Å². The number of hydrogen-bond donors (Lipinski definition) is 1. The molecule has 0 aliphatic rings. The molecule has 0 saturated carbocycles. The Morgan fingerprint density at radius 2 is 1.53 bits per heavy atom. The molecule has 0 heterocycles. The second-order valence-electron chi connectivity index (χ2n) is 5.25. The number of hydrogen-bond acceptors (Lipinski definition) is 1. The van der Waals surface area contributed by atoms with Crippen molar-refractivity contribution in [2.24, 2.45) is 11.7 Å². The van der Waals surface area contributed by atoms with Gasteiger partial charge >= 0.3 is 0 Å². The summed E-state index contributed by atoms with van der Waals surface area (Å²) in [4.78, 5) is 10.4. The van der Waals surface area contributed by atoms with Crippen LogP contribution in [0.3, 0.4) is 0 Å². The summed E-state index contributed by atoms with van der Waals surface area (Å²) >= 11 is 0. The summed E-state index contributed by atoms with van der Waals surface area (Å²) in [5.41, 5.74) is 5.00.